The molecule has 1 aliphatic heterocycles. The number of amides is 1. The van der Waals surface area contributed by atoms with Crippen molar-refractivity contribution in [1.29, 1.82) is 0 Å². The van der Waals surface area contributed by atoms with Crippen LogP contribution in [0.25, 0.3) is 0 Å². The summed E-state index contributed by atoms with van der Waals surface area (Å²) in [5.74, 6) is -0.0720. The van der Waals surface area contributed by atoms with Crippen LogP contribution >= 0.6 is 0 Å². The number of aryl methyl sites for hydroxylation is 1. The van der Waals surface area contributed by atoms with Crippen LogP contribution in [0.2, 0.25) is 0 Å². The summed E-state index contributed by atoms with van der Waals surface area (Å²) in [6.07, 6.45) is 3.75. The van der Waals surface area contributed by atoms with E-state index in [0.717, 1.165) is 42.4 Å². The monoisotopic (exact) mass is 492 g/mol. The highest BCUT2D eigenvalue weighted by Gasteiger charge is 2.28. The van der Waals surface area contributed by atoms with Gasteiger partial charge in [0, 0.05) is 13.1 Å². The molecular weight excluding hydrogens is 460 g/mol. The third-order valence-electron chi connectivity index (χ3n) is 6.44. The van der Waals surface area contributed by atoms with E-state index in [4.69, 9.17) is 4.74 Å². The summed E-state index contributed by atoms with van der Waals surface area (Å²) >= 11 is 0. The van der Waals surface area contributed by atoms with Gasteiger partial charge in [0.15, 0.2) is 0 Å². The molecular formula is C28H32N2O4S. The molecule has 0 spiro atoms. The van der Waals surface area contributed by atoms with Crippen LogP contribution in [0.1, 0.15) is 58.8 Å². The second-order valence-corrected chi connectivity index (χ2v) is 10.8. The molecule has 1 fully saturated rings. The lowest BCUT2D eigenvalue weighted by Crippen LogP contribution is -2.33. The highest BCUT2D eigenvalue weighted by Crippen LogP contribution is 2.28. The second-order valence-electron chi connectivity index (χ2n) is 8.91. The number of carbonyl (C=O) groups is 1. The van der Waals surface area contributed by atoms with E-state index in [0.29, 0.717) is 18.8 Å². The maximum absolute atomic E-state index is 13.6. The number of ether oxygens (including phenoxy) is 1. The highest BCUT2D eigenvalue weighted by atomic mass is 32.2. The van der Waals surface area contributed by atoms with Gasteiger partial charge >= 0.3 is 0 Å². The number of sulfonamides is 1. The molecule has 0 saturated carbocycles. The lowest BCUT2D eigenvalue weighted by Gasteiger charge is -2.22. The predicted molar refractivity (Wildman–Crippen MR) is 137 cm³/mol. The Morgan fingerprint density at radius 3 is 2.14 bits per heavy atom. The van der Waals surface area contributed by atoms with Crippen molar-refractivity contribution in [2.45, 2.75) is 43.5 Å². The third kappa shape index (κ3) is 5.74. The Labute approximate surface area is 208 Å². The van der Waals surface area contributed by atoms with Gasteiger partial charge in [0.1, 0.15) is 5.75 Å². The van der Waals surface area contributed by atoms with Gasteiger partial charge in [-0.1, -0.05) is 73.0 Å². The molecule has 0 radical (unpaired) electrons. The Hall–Kier alpha value is -3.16. The Balaban J connectivity index is 1.68. The molecule has 0 unspecified atom stereocenters. The first kappa shape index (κ1) is 24.9. The molecule has 1 heterocycles. The number of benzene rings is 3. The molecule has 3 aromatic rings. The van der Waals surface area contributed by atoms with Crippen LogP contribution < -0.4 is 10.1 Å². The van der Waals surface area contributed by atoms with Crippen LogP contribution in [-0.2, 0) is 10.0 Å². The molecule has 1 aliphatic rings. The molecule has 3 aromatic carbocycles. The normalized spacial score (nSPS) is 15.7. The van der Waals surface area contributed by atoms with Crippen molar-refractivity contribution < 1.29 is 17.9 Å². The van der Waals surface area contributed by atoms with Crippen molar-refractivity contribution in [3.8, 4) is 5.75 Å². The molecule has 184 valence electrons. The molecule has 35 heavy (non-hydrogen) atoms. The van der Waals surface area contributed by atoms with Crippen molar-refractivity contribution in [1.82, 2.24) is 9.62 Å². The number of hydrogen-bond donors (Lipinski definition) is 1. The van der Waals surface area contributed by atoms with Gasteiger partial charge < -0.3 is 10.1 Å². The summed E-state index contributed by atoms with van der Waals surface area (Å²) in [5, 5.41) is 3.10. The second kappa shape index (κ2) is 11.1. The van der Waals surface area contributed by atoms with Gasteiger partial charge in [0.2, 0.25) is 10.0 Å². The van der Waals surface area contributed by atoms with Crippen LogP contribution in [0.15, 0.2) is 77.7 Å². The summed E-state index contributed by atoms with van der Waals surface area (Å²) in [6, 6.07) is 21.8. The molecule has 0 bridgehead atoms. The zero-order valence-corrected chi connectivity index (χ0v) is 21.1. The SMILES string of the molecule is COc1ccc(S(=O)(=O)N2CCCCCC2)cc1C(=O)N[C@H](c1ccccc1)c1ccc(C)cc1. The van der Waals surface area contributed by atoms with Crippen molar-refractivity contribution in [3.63, 3.8) is 0 Å². The van der Waals surface area contributed by atoms with Gasteiger partial charge in [0.05, 0.1) is 23.6 Å². The predicted octanol–water partition coefficient (Wildman–Crippen LogP) is 5.09. The molecule has 1 saturated heterocycles. The minimum Gasteiger partial charge on any atom is -0.496 e. The van der Waals surface area contributed by atoms with Gasteiger partial charge in [-0.25, -0.2) is 8.42 Å². The zero-order valence-electron chi connectivity index (χ0n) is 20.2. The topological polar surface area (TPSA) is 75.7 Å². The number of nitrogens with zero attached hydrogens (tertiary/aromatic N) is 1. The molecule has 1 N–H and O–H groups in total. The molecule has 4 rings (SSSR count). The van der Waals surface area contributed by atoms with Gasteiger partial charge in [-0.3, -0.25) is 4.79 Å². The van der Waals surface area contributed by atoms with E-state index in [-0.39, 0.29) is 10.5 Å². The molecule has 0 aliphatic carbocycles. The van der Waals surface area contributed by atoms with E-state index in [2.05, 4.69) is 5.32 Å². The number of rotatable bonds is 7. The first-order valence-electron chi connectivity index (χ1n) is 12.0. The molecule has 0 aromatic heterocycles. The smallest absolute Gasteiger partial charge is 0.255 e. The Bertz CT molecular complexity index is 1250. The van der Waals surface area contributed by atoms with Crippen molar-refractivity contribution >= 4 is 15.9 Å². The van der Waals surface area contributed by atoms with Crippen LogP contribution in [0.3, 0.4) is 0 Å². The first-order chi connectivity index (χ1) is 16.9. The maximum atomic E-state index is 13.6. The van der Waals surface area contributed by atoms with Crippen LogP contribution in [0.5, 0.6) is 5.75 Å². The summed E-state index contributed by atoms with van der Waals surface area (Å²) in [4.78, 5) is 13.7. The maximum Gasteiger partial charge on any atom is 0.255 e. The largest absolute Gasteiger partial charge is 0.496 e. The number of hydrogen-bond acceptors (Lipinski definition) is 4. The zero-order chi connectivity index (χ0) is 24.8. The summed E-state index contributed by atoms with van der Waals surface area (Å²) in [6.45, 7) is 3.01. The van der Waals surface area contributed by atoms with Crippen molar-refractivity contribution in [3.05, 3.63) is 95.1 Å². The fourth-order valence-electron chi connectivity index (χ4n) is 4.43. The summed E-state index contributed by atoms with van der Waals surface area (Å²) in [5.41, 5.74) is 3.18. The lowest BCUT2D eigenvalue weighted by molar-refractivity contribution is 0.0939. The van der Waals surface area contributed by atoms with E-state index < -0.39 is 22.0 Å². The molecule has 7 heteroatoms. The van der Waals surface area contributed by atoms with E-state index >= 15 is 0 Å². The Kier molecular flexibility index (Phi) is 7.88. The molecule has 1 atom stereocenters. The van der Waals surface area contributed by atoms with Gasteiger partial charge in [-0.2, -0.15) is 4.31 Å². The Morgan fingerprint density at radius 1 is 0.886 bits per heavy atom. The van der Waals surface area contributed by atoms with Crippen LogP contribution in [-0.4, -0.2) is 38.8 Å². The third-order valence-corrected chi connectivity index (χ3v) is 8.33. The standard InChI is InChI=1S/C28H32N2O4S/c1-21-12-14-23(15-13-21)27(22-10-6-5-7-11-22)29-28(31)25-20-24(16-17-26(25)34-2)35(32,33)30-18-8-3-4-9-19-30/h5-7,10-17,20,27H,3-4,8-9,18-19H2,1-2H3,(H,29,31)/t27-/m1/s1. The van der Waals surface area contributed by atoms with E-state index in [1.807, 2.05) is 61.5 Å². The number of nitrogens with one attached hydrogen (secondary N) is 1. The van der Waals surface area contributed by atoms with Gasteiger partial charge in [-0.15, -0.1) is 0 Å². The van der Waals surface area contributed by atoms with Crippen molar-refractivity contribution in [2.24, 2.45) is 0 Å². The summed E-state index contributed by atoms with van der Waals surface area (Å²) < 4.78 is 33.7. The Morgan fingerprint density at radius 2 is 1.51 bits per heavy atom. The minimum absolute atomic E-state index is 0.108. The summed E-state index contributed by atoms with van der Waals surface area (Å²) in [7, 11) is -2.23. The fourth-order valence-corrected chi connectivity index (χ4v) is 5.97. The quantitative estimate of drug-likeness (QED) is 0.499. The van der Waals surface area contributed by atoms with E-state index in [1.165, 1.54) is 23.5 Å². The molecule has 6 nitrogen and oxygen atoms in total. The van der Waals surface area contributed by atoms with Crippen LogP contribution in [0.4, 0.5) is 0 Å². The number of methoxy groups -OCH3 is 1. The minimum atomic E-state index is -3.71. The van der Waals surface area contributed by atoms with Gasteiger partial charge in [0.25, 0.3) is 5.91 Å². The van der Waals surface area contributed by atoms with E-state index in [9.17, 15) is 13.2 Å². The number of carbonyl (C=O) groups excluding carboxylic acids is 1. The van der Waals surface area contributed by atoms with Crippen LogP contribution in [0, 0.1) is 6.92 Å². The lowest BCUT2D eigenvalue weighted by atomic mass is 9.97. The highest BCUT2D eigenvalue weighted by molar-refractivity contribution is 7.89. The fraction of sp³-hybridized carbons (Fsp3) is 0.321. The van der Waals surface area contributed by atoms with Crippen molar-refractivity contribution in [2.75, 3.05) is 20.2 Å². The average molecular weight is 493 g/mol. The van der Waals surface area contributed by atoms with E-state index in [1.54, 1.807) is 6.07 Å². The van der Waals surface area contributed by atoms with Gasteiger partial charge in [-0.05, 0) is 49.1 Å². The average Bonchev–Trinajstić information content (AvgIpc) is 3.18. The molecule has 1 amide bonds. The first-order valence-corrected chi connectivity index (χ1v) is 13.4.